The van der Waals surface area contributed by atoms with E-state index >= 15 is 0 Å². The van der Waals surface area contributed by atoms with Gasteiger partial charge >= 0.3 is 0 Å². The van der Waals surface area contributed by atoms with E-state index in [1.54, 1.807) is 6.20 Å². The van der Waals surface area contributed by atoms with E-state index in [4.69, 9.17) is 16.3 Å². The van der Waals surface area contributed by atoms with E-state index in [9.17, 15) is 0 Å². The fourth-order valence-electron chi connectivity index (χ4n) is 1.71. The second-order valence-electron chi connectivity index (χ2n) is 4.40. The van der Waals surface area contributed by atoms with E-state index < -0.39 is 0 Å². The van der Waals surface area contributed by atoms with Crippen molar-refractivity contribution in [1.29, 1.82) is 0 Å². The molecule has 0 unspecified atom stereocenters. The van der Waals surface area contributed by atoms with Crippen LogP contribution in [0.3, 0.4) is 0 Å². The summed E-state index contributed by atoms with van der Waals surface area (Å²) in [7, 11) is 0. The van der Waals surface area contributed by atoms with Crippen molar-refractivity contribution in [3.8, 4) is 5.75 Å². The van der Waals surface area contributed by atoms with Crippen LogP contribution in [-0.4, -0.2) is 23.1 Å². The van der Waals surface area contributed by atoms with Crippen molar-refractivity contribution in [3.63, 3.8) is 0 Å². The van der Waals surface area contributed by atoms with Crippen molar-refractivity contribution in [1.82, 2.24) is 9.97 Å². The van der Waals surface area contributed by atoms with Gasteiger partial charge in [0.2, 0.25) is 5.95 Å². The summed E-state index contributed by atoms with van der Waals surface area (Å²) in [5.41, 5.74) is 0.889. The molecule has 0 saturated heterocycles. The first-order valence-electron chi connectivity index (χ1n) is 6.99. The molecule has 5 nitrogen and oxygen atoms in total. The summed E-state index contributed by atoms with van der Waals surface area (Å²) in [6.07, 6.45) is 2.59. The molecule has 0 aliphatic carbocycles. The standard InChI is InChI=1S/C15H19ClN4O/c1-3-9-17-15-18-10-13(16)14(20-15)19-11-5-7-12(8-6-11)21-4-2/h5-8,10H,3-4,9H2,1-2H3,(H2,17,18,19,20). The van der Waals surface area contributed by atoms with Gasteiger partial charge in [-0.15, -0.1) is 0 Å². The van der Waals surface area contributed by atoms with Crippen LogP contribution in [-0.2, 0) is 0 Å². The summed E-state index contributed by atoms with van der Waals surface area (Å²) in [5, 5.41) is 6.79. The number of benzene rings is 1. The van der Waals surface area contributed by atoms with Crippen LogP contribution >= 0.6 is 11.6 Å². The first kappa shape index (κ1) is 15.4. The van der Waals surface area contributed by atoms with Crippen LogP contribution in [0.5, 0.6) is 5.75 Å². The van der Waals surface area contributed by atoms with Gasteiger partial charge in [0, 0.05) is 12.2 Å². The van der Waals surface area contributed by atoms with Gasteiger partial charge in [-0.05, 0) is 37.6 Å². The Kier molecular flexibility index (Phi) is 5.63. The molecule has 1 aromatic carbocycles. The van der Waals surface area contributed by atoms with Gasteiger partial charge in [0.05, 0.1) is 12.8 Å². The van der Waals surface area contributed by atoms with Gasteiger partial charge in [-0.1, -0.05) is 18.5 Å². The number of ether oxygens (including phenoxy) is 1. The normalized spacial score (nSPS) is 10.2. The molecule has 0 amide bonds. The quantitative estimate of drug-likeness (QED) is 0.806. The highest BCUT2D eigenvalue weighted by molar-refractivity contribution is 6.32. The highest BCUT2D eigenvalue weighted by atomic mass is 35.5. The van der Waals surface area contributed by atoms with Gasteiger partial charge in [-0.25, -0.2) is 4.98 Å². The molecule has 21 heavy (non-hydrogen) atoms. The number of nitrogens with zero attached hydrogens (tertiary/aromatic N) is 2. The lowest BCUT2D eigenvalue weighted by molar-refractivity contribution is 0.340. The van der Waals surface area contributed by atoms with Crippen LogP contribution in [0.2, 0.25) is 5.02 Å². The van der Waals surface area contributed by atoms with Crippen molar-refractivity contribution in [2.24, 2.45) is 0 Å². The maximum atomic E-state index is 6.12. The Balaban J connectivity index is 2.10. The molecule has 1 aromatic heterocycles. The summed E-state index contributed by atoms with van der Waals surface area (Å²) in [4.78, 5) is 8.51. The minimum atomic E-state index is 0.478. The molecule has 1 heterocycles. The molecule has 0 fully saturated rings. The smallest absolute Gasteiger partial charge is 0.224 e. The SMILES string of the molecule is CCCNc1ncc(Cl)c(Nc2ccc(OCC)cc2)n1. The summed E-state index contributed by atoms with van der Waals surface area (Å²) in [6.45, 7) is 5.51. The van der Waals surface area contributed by atoms with Crippen molar-refractivity contribution >= 4 is 29.1 Å². The Morgan fingerprint density at radius 1 is 1.19 bits per heavy atom. The fourth-order valence-corrected chi connectivity index (χ4v) is 1.85. The summed E-state index contributed by atoms with van der Waals surface area (Å²) >= 11 is 6.12. The Bertz CT molecular complexity index is 574. The van der Waals surface area contributed by atoms with Crippen LogP contribution in [0, 0.1) is 0 Å². The first-order valence-corrected chi connectivity index (χ1v) is 7.37. The third-order valence-electron chi connectivity index (χ3n) is 2.71. The third-order valence-corrected chi connectivity index (χ3v) is 2.98. The average Bonchev–Trinajstić information content (AvgIpc) is 2.50. The summed E-state index contributed by atoms with van der Waals surface area (Å²) < 4.78 is 5.41. The van der Waals surface area contributed by atoms with Gasteiger partial charge < -0.3 is 15.4 Å². The van der Waals surface area contributed by atoms with Crippen molar-refractivity contribution in [2.75, 3.05) is 23.8 Å². The number of nitrogens with one attached hydrogen (secondary N) is 2. The van der Waals surface area contributed by atoms with Crippen LogP contribution in [0.4, 0.5) is 17.5 Å². The number of halogens is 1. The molecule has 0 saturated carbocycles. The minimum Gasteiger partial charge on any atom is -0.494 e. The predicted molar refractivity (Wildman–Crippen MR) is 86.7 cm³/mol. The predicted octanol–water partition coefficient (Wildman–Crippen LogP) is 4.09. The zero-order chi connectivity index (χ0) is 15.1. The molecule has 0 atom stereocenters. The molecule has 0 radical (unpaired) electrons. The molecule has 2 aromatic rings. The Hall–Kier alpha value is -2.01. The maximum absolute atomic E-state index is 6.12. The van der Waals surface area contributed by atoms with Gasteiger partial charge in [0.25, 0.3) is 0 Å². The van der Waals surface area contributed by atoms with E-state index in [0.29, 0.717) is 23.4 Å². The average molecular weight is 307 g/mol. The molecule has 0 spiro atoms. The number of anilines is 3. The Morgan fingerprint density at radius 3 is 2.62 bits per heavy atom. The van der Waals surface area contributed by atoms with Crippen LogP contribution in [0.25, 0.3) is 0 Å². The zero-order valence-corrected chi connectivity index (χ0v) is 12.9. The maximum Gasteiger partial charge on any atom is 0.224 e. The highest BCUT2D eigenvalue weighted by Crippen LogP contribution is 2.25. The molecule has 6 heteroatoms. The van der Waals surface area contributed by atoms with E-state index in [0.717, 1.165) is 24.4 Å². The molecule has 0 aliphatic heterocycles. The molecule has 2 N–H and O–H groups in total. The molecular formula is C15H19ClN4O. The topological polar surface area (TPSA) is 59.1 Å². The second kappa shape index (κ2) is 7.69. The zero-order valence-electron chi connectivity index (χ0n) is 12.2. The molecule has 112 valence electrons. The van der Waals surface area contributed by atoms with Crippen LogP contribution in [0.1, 0.15) is 20.3 Å². The van der Waals surface area contributed by atoms with Gasteiger partial charge in [0.15, 0.2) is 5.82 Å². The van der Waals surface area contributed by atoms with Crippen LogP contribution in [0.15, 0.2) is 30.5 Å². The first-order chi connectivity index (χ1) is 10.2. The van der Waals surface area contributed by atoms with Crippen LogP contribution < -0.4 is 15.4 Å². The number of aromatic nitrogens is 2. The largest absolute Gasteiger partial charge is 0.494 e. The monoisotopic (exact) mass is 306 g/mol. The molecule has 2 rings (SSSR count). The lowest BCUT2D eigenvalue weighted by Gasteiger charge is -2.10. The van der Waals surface area contributed by atoms with Gasteiger partial charge in [-0.3, -0.25) is 0 Å². The number of rotatable bonds is 7. The van der Waals surface area contributed by atoms with E-state index in [1.807, 2.05) is 31.2 Å². The summed E-state index contributed by atoms with van der Waals surface area (Å²) in [6, 6.07) is 7.64. The third kappa shape index (κ3) is 4.49. The Labute approximate surface area is 129 Å². The minimum absolute atomic E-state index is 0.478. The van der Waals surface area contributed by atoms with Crippen molar-refractivity contribution in [2.45, 2.75) is 20.3 Å². The van der Waals surface area contributed by atoms with Gasteiger partial charge in [0.1, 0.15) is 10.8 Å². The highest BCUT2D eigenvalue weighted by Gasteiger charge is 2.06. The fraction of sp³-hybridized carbons (Fsp3) is 0.333. The lowest BCUT2D eigenvalue weighted by atomic mass is 10.3. The summed E-state index contributed by atoms with van der Waals surface area (Å²) in [5.74, 6) is 1.98. The van der Waals surface area contributed by atoms with E-state index in [-0.39, 0.29) is 0 Å². The van der Waals surface area contributed by atoms with E-state index in [2.05, 4.69) is 27.5 Å². The van der Waals surface area contributed by atoms with E-state index in [1.165, 1.54) is 0 Å². The molecule has 0 bridgehead atoms. The van der Waals surface area contributed by atoms with Gasteiger partial charge in [-0.2, -0.15) is 4.98 Å². The lowest BCUT2D eigenvalue weighted by Crippen LogP contribution is -2.06. The Morgan fingerprint density at radius 2 is 1.95 bits per heavy atom. The van der Waals surface area contributed by atoms with Crippen molar-refractivity contribution < 1.29 is 4.74 Å². The molecule has 0 aliphatic rings. The number of hydrogen-bond acceptors (Lipinski definition) is 5. The molecular weight excluding hydrogens is 288 g/mol. The second-order valence-corrected chi connectivity index (χ2v) is 4.81. The number of hydrogen-bond donors (Lipinski definition) is 2. The van der Waals surface area contributed by atoms with Crippen molar-refractivity contribution in [3.05, 3.63) is 35.5 Å².